The van der Waals surface area contributed by atoms with E-state index in [-0.39, 0.29) is 11.3 Å². The normalized spacial score (nSPS) is 29.7. The Labute approximate surface area is 169 Å². The Morgan fingerprint density at radius 2 is 1.71 bits per heavy atom. The van der Waals surface area contributed by atoms with Gasteiger partial charge in [0.25, 0.3) is 0 Å². The maximum atomic E-state index is 6.78. The van der Waals surface area contributed by atoms with Crippen LogP contribution < -0.4 is 4.74 Å². The first-order chi connectivity index (χ1) is 13.6. The molecule has 0 aromatic heterocycles. The summed E-state index contributed by atoms with van der Waals surface area (Å²) in [6, 6.07) is 19.1. The van der Waals surface area contributed by atoms with Crippen LogP contribution in [-0.4, -0.2) is 7.11 Å². The molecule has 0 spiro atoms. The molecule has 1 heterocycles. The van der Waals surface area contributed by atoms with Crippen LogP contribution in [0.15, 0.2) is 78.6 Å². The first-order valence-corrected chi connectivity index (χ1v) is 10.3. The lowest BCUT2D eigenvalue weighted by molar-refractivity contribution is -0.0325. The zero-order chi connectivity index (χ0) is 20.4. The van der Waals surface area contributed by atoms with Gasteiger partial charge in [0.05, 0.1) is 7.11 Å². The van der Waals surface area contributed by atoms with E-state index in [9.17, 15) is 0 Å². The summed E-state index contributed by atoms with van der Waals surface area (Å²) in [6.07, 6.45) is 4.20. The first-order valence-electron chi connectivity index (χ1n) is 10.3. The fraction of sp³-hybridized carbons (Fsp3) is 0.385. The number of methoxy groups -OCH3 is 1. The third-order valence-electron chi connectivity index (χ3n) is 6.46. The molecular formula is C26H32O2. The molecule has 0 N–H and O–H groups in total. The fourth-order valence-electron chi connectivity index (χ4n) is 5.01. The van der Waals surface area contributed by atoms with Crippen molar-refractivity contribution in [1.82, 2.24) is 0 Å². The van der Waals surface area contributed by atoms with Gasteiger partial charge in [0.1, 0.15) is 11.5 Å². The number of benzene rings is 2. The van der Waals surface area contributed by atoms with Gasteiger partial charge in [-0.2, -0.15) is 0 Å². The molecule has 2 fully saturated rings. The van der Waals surface area contributed by atoms with Crippen molar-refractivity contribution in [2.75, 3.05) is 7.11 Å². The minimum Gasteiger partial charge on any atom is -0.497 e. The zero-order valence-corrected chi connectivity index (χ0v) is 17.8. The number of rotatable bonds is 3. The monoisotopic (exact) mass is 376 g/mol. The van der Waals surface area contributed by atoms with Gasteiger partial charge in [-0.15, -0.1) is 0 Å². The second kappa shape index (κ2) is 7.87. The van der Waals surface area contributed by atoms with Gasteiger partial charge in [-0.05, 0) is 54.7 Å². The molecule has 3 unspecified atom stereocenters. The van der Waals surface area contributed by atoms with E-state index in [1.165, 1.54) is 11.1 Å². The predicted molar refractivity (Wildman–Crippen MR) is 117 cm³/mol. The molecule has 1 saturated carbocycles. The van der Waals surface area contributed by atoms with Gasteiger partial charge in [0.2, 0.25) is 0 Å². The molecule has 2 nitrogen and oxygen atoms in total. The number of ether oxygens (including phenoxy) is 2. The summed E-state index contributed by atoms with van der Waals surface area (Å²) >= 11 is 0. The highest BCUT2D eigenvalue weighted by Gasteiger charge is 2.66. The molecule has 2 heteroatoms. The molecule has 2 aliphatic rings. The molecule has 1 aliphatic carbocycles. The molecule has 2 aromatic rings. The topological polar surface area (TPSA) is 18.5 Å². The molecule has 4 rings (SSSR count). The second-order valence-corrected chi connectivity index (χ2v) is 7.53. The van der Waals surface area contributed by atoms with E-state index >= 15 is 0 Å². The van der Waals surface area contributed by atoms with Gasteiger partial charge < -0.3 is 9.47 Å². The van der Waals surface area contributed by atoms with Crippen molar-refractivity contribution in [3.63, 3.8) is 0 Å². The summed E-state index contributed by atoms with van der Waals surface area (Å²) < 4.78 is 12.2. The lowest BCUT2D eigenvalue weighted by Gasteiger charge is -2.41. The van der Waals surface area contributed by atoms with E-state index in [2.05, 4.69) is 62.0 Å². The molecule has 0 amide bonds. The molecule has 148 valence electrons. The fourth-order valence-corrected chi connectivity index (χ4v) is 5.01. The number of allylic oxidation sites excluding steroid dienone is 2. The van der Waals surface area contributed by atoms with Crippen LogP contribution >= 0.6 is 0 Å². The largest absolute Gasteiger partial charge is 0.497 e. The SMILES string of the molecule is C=C1/C(=C\C)OC2(c3ccc(OC)cc3)C(c3ccccc3)CCC12C.CC. The average Bonchev–Trinajstić information content (AvgIpc) is 3.18. The van der Waals surface area contributed by atoms with Crippen LogP contribution in [0.5, 0.6) is 5.75 Å². The predicted octanol–water partition coefficient (Wildman–Crippen LogP) is 6.99. The lowest BCUT2D eigenvalue weighted by atomic mass is 9.66. The Bertz CT molecular complexity index is 850. The Morgan fingerprint density at radius 1 is 1.07 bits per heavy atom. The summed E-state index contributed by atoms with van der Waals surface area (Å²) in [7, 11) is 1.70. The zero-order valence-electron chi connectivity index (χ0n) is 17.8. The third-order valence-corrected chi connectivity index (χ3v) is 6.46. The van der Waals surface area contributed by atoms with Gasteiger partial charge >= 0.3 is 0 Å². The van der Waals surface area contributed by atoms with Gasteiger partial charge in [-0.25, -0.2) is 0 Å². The van der Waals surface area contributed by atoms with Crippen molar-refractivity contribution in [2.45, 2.75) is 52.1 Å². The quantitative estimate of drug-likeness (QED) is 0.574. The Morgan fingerprint density at radius 3 is 2.29 bits per heavy atom. The van der Waals surface area contributed by atoms with Crippen molar-refractivity contribution in [2.24, 2.45) is 5.41 Å². The van der Waals surface area contributed by atoms with E-state index < -0.39 is 5.60 Å². The average molecular weight is 377 g/mol. The molecule has 1 saturated heterocycles. The smallest absolute Gasteiger partial charge is 0.150 e. The van der Waals surface area contributed by atoms with E-state index in [1.54, 1.807) is 7.11 Å². The minimum atomic E-state index is -0.431. The van der Waals surface area contributed by atoms with Crippen LogP contribution in [0.1, 0.15) is 57.6 Å². The van der Waals surface area contributed by atoms with Crippen LogP contribution in [0.2, 0.25) is 0 Å². The van der Waals surface area contributed by atoms with Crippen LogP contribution in [0.4, 0.5) is 0 Å². The number of hydrogen-bond acceptors (Lipinski definition) is 2. The molecule has 3 atom stereocenters. The van der Waals surface area contributed by atoms with Crippen molar-refractivity contribution in [1.29, 1.82) is 0 Å². The Balaban J connectivity index is 0.00000109. The maximum Gasteiger partial charge on any atom is 0.150 e. The van der Waals surface area contributed by atoms with Crippen LogP contribution in [0.25, 0.3) is 0 Å². The van der Waals surface area contributed by atoms with Crippen molar-refractivity contribution < 1.29 is 9.47 Å². The Kier molecular flexibility index (Phi) is 5.69. The summed E-state index contributed by atoms with van der Waals surface area (Å²) in [5, 5.41) is 0. The number of hydrogen-bond donors (Lipinski definition) is 0. The summed E-state index contributed by atoms with van der Waals surface area (Å²) in [5.74, 6) is 2.09. The van der Waals surface area contributed by atoms with E-state index in [0.29, 0.717) is 0 Å². The van der Waals surface area contributed by atoms with Crippen LogP contribution in [0, 0.1) is 5.41 Å². The first kappa shape index (κ1) is 20.3. The highest BCUT2D eigenvalue weighted by Crippen LogP contribution is 2.70. The summed E-state index contributed by atoms with van der Waals surface area (Å²) in [4.78, 5) is 0. The van der Waals surface area contributed by atoms with E-state index in [1.807, 2.05) is 32.9 Å². The highest BCUT2D eigenvalue weighted by molar-refractivity contribution is 5.50. The van der Waals surface area contributed by atoms with Crippen LogP contribution in [-0.2, 0) is 10.3 Å². The van der Waals surface area contributed by atoms with Gasteiger partial charge in [-0.1, -0.05) is 69.8 Å². The van der Waals surface area contributed by atoms with Gasteiger partial charge in [-0.3, -0.25) is 0 Å². The standard InChI is InChI=1S/C24H26O2.C2H6/c1-5-22-17(2)23(3)16-15-21(18-9-7-6-8-10-18)24(23,26-22)19-11-13-20(25-4)14-12-19;1-2/h5-14,21H,2,15-16H2,1,3-4H3;1-2H3/b22-5+;. The van der Waals surface area contributed by atoms with Gasteiger partial charge in [0, 0.05) is 11.3 Å². The summed E-state index contributed by atoms with van der Waals surface area (Å²) in [5.41, 5.74) is 3.10. The molecule has 0 bridgehead atoms. The molecule has 1 aliphatic heterocycles. The maximum absolute atomic E-state index is 6.78. The lowest BCUT2D eigenvalue weighted by Crippen LogP contribution is -2.40. The molecule has 0 radical (unpaired) electrons. The van der Waals surface area contributed by atoms with E-state index in [0.717, 1.165) is 29.9 Å². The molecule has 28 heavy (non-hydrogen) atoms. The second-order valence-electron chi connectivity index (χ2n) is 7.53. The van der Waals surface area contributed by atoms with Crippen molar-refractivity contribution >= 4 is 0 Å². The Hall–Kier alpha value is -2.48. The van der Waals surface area contributed by atoms with Gasteiger partial charge in [0.15, 0.2) is 5.60 Å². The number of fused-ring (bicyclic) bond motifs is 1. The third kappa shape index (κ3) is 2.78. The van der Waals surface area contributed by atoms with E-state index in [4.69, 9.17) is 9.47 Å². The highest BCUT2D eigenvalue weighted by atomic mass is 16.5. The van der Waals surface area contributed by atoms with Crippen molar-refractivity contribution in [3.05, 3.63) is 89.7 Å². The minimum absolute atomic E-state index is 0.121. The van der Waals surface area contributed by atoms with Crippen LogP contribution in [0.3, 0.4) is 0 Å². The van der Waals surface area contributed by atoms with Crippen molar-refractivity contribution in [3.8, 4) is 5.75 Å². The summed E-state index contributed by atoms with van der Waals surface area (Å²) in [6.45, 7) is 12.8. The molecule has 2 aromatic carbocycles. The molecular weight excluding hydrogens is 344 g/mol.